The predicted molar refractivity (Wildman–Crippen MR) is 75.6 cm³/mol. The van der Waals surface area contributed by atoms with Crippen LogP contribution in [0.15, 0.2) is 54.3 Å². The highest BCUT2D eigenvalue weighted by atomic mass is 16.5. The van der Waals surface area contributed by atoms with Crippen molar-refractivity contribution in [3.8, 4) is 0 Å². The number of para-hydroxylation sites is 1. The molecule has 0 saturated carbocycles. The van der Waals surface area contributed by atoms with Gasteiger partial charge in [-0.1, -0.05) is 18.2 Å². The number of rotatable bonds is 3. The summed E-state index contributed by atoms with van der Waals surface area (Å²) in [5, 5.41) is 3.16. The molecular formula is C15H16N2O3. The van der Waals surface area contributed by atoms with Gasteiger partial charge in [-0.3, -0.25) is 9.69 Å². The molecule has 0 aromatic heterocycles. The molecule has 0 saturated heterocycles. The number of nitrogens with one attached hydrogen (secondary N) is 1. The van der Waals surface area contributed by atoms with Gasteiger partial charge in [0.05, 0.1) is 12.7 Å². The van der Waals surface area contributed by atoms with Crippen LogP contribution in [0.2, 0.25) is 0 Å². The smallest absolute Gasteiger partial charge is 0.337 e. The van der Waals surface area contributed by atoms with E-state index >= 15 is 0 Å². The van der Waals surface area contributed by atoms with Crippen molar-refractivity contribution in [1.82, 2.24) is 4.90 Å². The standard InChI is InChI=1S/C15H16N2O3/c1-11(18)17-10-6-9-13(15(19)20-2)14(17)16-12-7-4-3-5-8-12/h3-10,14,16H,1-2H3. The molecule has 1 N–H and O–H groups in total. The molecule has 0 bridgehead atoms. The highest BCUT2D eigenvalue weighted by Gasteiger charge is 2.29. The third-order valence-corrected chi connectivity index (χ3v) is 2.96. The lowest BCUT2D eigenvalue weighted by Crippen LogP contribution is -2.45. The lowest BCUT2D eigenvalue weighted by Gasteiger charge is -2.32. The number of anilines is 1. The minimum atomic E-state index is -0.577. The number of esters is 1. The average Bonchev–Trinajstić information content (AvgIpc) is 2.47. The number of benzene rings is 1. The lowest BCUT2D eigenvalue weighted by atomic mass is 10.1. The molecule has 1 atom stereocenters. The molecule has 1 aromatic rings. The van der Waals surface area contributed by atoms with Gasteiger partial charge in [-0.15, -0.1) is 0 Å². The van der Waals surface area contributed by atoms with E-state index in [4.69, 9.17) is 4.74 Å². The lowest BCUT2D eigenvalue weighted by molar-refractivity contribution is -0.137. The number of allylic oxidation sites excluding steroid dienone is 2. The maximum absolute atomic E-state index is 11.8. The minimum absolute atomic E-state index is 0.163. The zero-order valence-corrected chi connectivity index (χ0v) is 11.4. The Bertz CT molecular complexity index is 564. The van der Waals surface area contributed by atoms with E-state index in [9.17, 15) is 9.59 Å². The zero-order valence-electron chi connectivity index (χ0n) is 11.4. The van der Waals surface area contributed by atoms with Crippen LogP contribution in [0.5, 0.6) is 0 Å². The summed E-state index contributed by atoms with van der Waals surface area (Å²) in [4.78, 5) is 25.0. The fraction of sp³-hybridized carbons (Fsp3) is 0.200. The van der Waals surface area contributed by atoms with Crippen molar-refractivity contribution in [3.63, 3.8) is 0 Å². The molecular weight excluding hydrogens is 256 g/mol. The number of methoxy groups -OCH3 is 1. The zero-order chi connectivity index (χ0) is 14.5. The summed E-state index contributed by atoms with van der Waals surface area (Å²) in [5.74, 6) is -0.627. The molecule has 5 nitrogen and oxygen atoms in total. The molecule has 0 spiro atoms. The number of hydrogen-bond acceptors (Lipinski definition) is 4. The maximum atomic E-state index is 11.8. The Morgan fingerprint density at radius 1 is 1.25 bits per heavy atom. The Labute approximate surface area is 117 Å². The summed E-state index contributed by atoms with van der Waals surface area (Å²) in [6, 6.07) is 9.38. The largest absolute Gasteiger partial charge is 0.466 e. The Morgan fingerprint density at radius 2 is 1.95 bits per heavy atom. The first-order chi connectivity index (χ1) is 9.63. The molecule has 0 aliphatic carbocycles. The van der Waals surface area contributed by atoms with Gasteiger partial charge in [0, 0.05) is 18.8 Å². The summed E-state index contributed by atoms with van der Waals surface area (Å²) >= 11 is 0. The van der Waals surface area contributed by atoms with Crippen molar-refractivity contribution >= 4 is 17.6 Å². The van der Waals surface area contributed by atoms with E-state index in [1.165, 1.54) is 18.9 Å². The molecule has 1 aliphatic heterocycles. The normalized spacial score (nSPS) is 17.4. The number of carbonyl (C=O) groups is 2. The van der Waals surface area contributed by atoms with Gasteiger partial charge in [0.25, 0.3) is 0 Å². The molecule has 1 unspecified atom stereocenters. The first kappa shape index (κ1) is 13.9. The van der Waals surface area contributed by atoms with Gasteiger partial charge in [0.15, 0.2) is 0 Å². The maximum Gasteiger partial charge on any atom is 0.337 e. The summed E-state index contributed by atoms with van der Waals surface area (Å²) in [6.07, 6.45) is 4.35. The molecule has 1 aromatic carbocycles. The monoisotopic (exact) mass is 272 g/mol. The van der Waals surface area contributed by atoms with Gasteiger partial charge in [0.1, 0.15) is 6.17 Å². The fourth-order valence-electron chi connectivity index (χ4n) is 1.99. The van der Waals surface area contributed by atoms with E-state index in [1.54, 1.807) is 18.4 Å². The van der Waals surface area contributed by atoms with Gasteiger partial charge < -0.3 is 10.1 Å². The van der Waals surface area contributed by atoms with Crippen LogP contribution in [0, 0.1) is 0 Å². The summed E-state index contributed by atoms with van der Waals surface area (Å²) in [6.45, 7) is 1.45. The van der Waals surface area contributed by atoms with Gasteiger partial charge in [0.2, 0.25) is 5.91 Å². The van der Waals surface area contributed by atoms with E-state index in [1.807, 2.05) is 30.3 Å². The van der Waals surface area contributed by atoms with E-state index in [0.717, 1.165) is 5.69 Å². The number of hydrogen-bond donors (Lipinski definition) is 1. The van der Waals surface area contributed by atoms with Crippen molar-refractivity contribution in [1.29, 1.82) is 0 Å². The summed E-state index contributed by atoms with van der Waals surface area (Å²) < 4.78 is 4.77. The highest BCUT2D eigenvalue weighted by Crippen LogP contribution is 2.20. The molecule has 1 amide bonds. The van der Waals surface area contributed by atoms with Gasteiger partial charge in [-0.2, -0.15) is 0 Å². The fourth-order valence-corrected chi connectivity index (χ4v) is 1.99. The number of carbonyl (C=O) groups excluding carboxylic acids is 2. The second-order valence-corrected chi connectivity index (χ2v) is 4.29. The molecule has 0 radical (unpaired) electrons. The Balaban J connectivity index is 2.31. The molecule has 104 valence electrons. The van der Waals surface area contributed by atoms with E-state index < -0.39 is 12.1 Å². The average molecular weight is 272 g/mol. The second kappa shape index (κ2) is 6.06. The summed E-state index contributed by atoms with van der Waals surface area (Å²) in [5.41, 5.74) is 1.20. The number of amides is 1. The Morgan fingerprint density at radius 3 is 2.55 bits per heavy atom. The number of ether oxygens (including phenoxy) is 1. The quantitative estimate of drug-likeness (QED) is 0.854. The molecule has 20 heavy (non-hydrogen) atoms. The van der Waals surface area contributed by atoms with Crippen LogP contribution in [0.1, 0.15) is 6.92 Å². The van der Waals surface area contributed by atoms with Gasteiger partial charge in [-0.05, 0) is 24.3 Å². The van der Waals surface area contributed by atoms with Crippen molar-refractivity contribution in [3.05, 3.63) is 54.3 Å². The molecule has 5 heteroatoms. The van der Waals surface area contributed by atoms with E-state index in [-0.39, 0.29) is 5.91 Å². The summed E-state index contributed by atoms with van der Waals surface area (Å²) in [7, 11) is 1.32. The number of nitrogens with zero attached hydrogens (tertiary/aromatic N) is 1. The molecule has 1 heterocycles. The van der Waals surface area contributed by atoms with Crippen molar-refractivity contribution < 1.29 is 14.3 Å². The van der Waals surface area contributed by atoms with Crippen LogP contribution in [0.4, 0.5) is 5.69 Å². The predicted octanol–water partition coefficient (Wildman–Crippen LogP) is 1.90. The van der Waals surface area contributed by atoms with Crippen LogP contribution in [0.25, 0.3) is 0 Å². The van der Waals surface area contributed by atoms with Crippen LogP contribution in [-0.4, -0.2) is 30.1 Å². The first-order valence-corrected chi connectivity index (χ1v) is 6.20. The Kier molecular flexibility index (Phi) is 4.20. The molecule has 2 rings (SSSR count). The van der Waals surface area contributed by atoms with Crippen molar-refractivity contribution in [2.24, 2.45) is 0 Å². The highest BCUT2D eigenvalue weighted by molar-refractivity contribution is 5.92. The topological polar surface area (TPSA) is 58.6 Å². The van der Waals surface area contributed by atoms with Crippen LogP contribution in [0.3, 0.4) is 0 Å². The van der Waals surface area contributed by atoms with Crippen LogP contribution < -0.4 is 5.32 Å². The first-order valence-electron chi connectivity index (χ1n) is 6.20. The van der Waals surface area contributed by atoms with Crippen LogP contribution >= 0.6 is 0 Å². The van der Waals surface area contributed by atoms with Gasteiger partial charge in [-0.25, -0.2) is 4.79 Å². The molecule has 0 fully saturated rings. The minimum Gasteiger partial charge on any atom is -0.466 e. The Hall–Kier alpha value is -2.56. The van der Waals surface area contributed by atoms with Crippen molar-refractivity contribution in [2.75, 3.05) is 12.4 Å². The molecule has 1 aliphatic rings. The third-order valence-electron chi connectivity index (χ3n) is 2.96. The third kappa shape index (κ3) is 2.88. The second-order valence-electron chi connectivity index (χ2n) is 4.29. The van der Waals surface area contributed by atoms with Crippen LogP contribution in [-0.2, 0) is 14.3 Å². The van der Waals surface area contributed by atoms with E-state index in [0.29, 0.717) is 5.57 Å². The SMILES string of the molecule is COC(=O)C1=CC=CN(C(C)=O)C1Nc1ccccc1. The van der Waals surface area contributed by atoms with E-state index in [2.05, 4.69) is 5.32 Å². The van der Waals surface area contributed by atoms with Gasteiger partial charge >= 0.3 is 5.97 Å². The van der Waals surface area contributed by atoms with Crippen molar-refractivity contribution in [2.45, 2.75) is 13.1 Å².